The van der Waals surface area contributed by atoms with Gasteiger partial charge in [0.25, 0.3) is 0 Å². The number of nitrogens with one attached hydrogen (secondary N) is 1. The van der Waals surface area contributed by atoms with E-state index in [1.54, 1.807) is 30.3 Å². The van der Waals surface area contributed by atoms with Gasteiger partial charge in [-0.3, -0.25) is 4.79 Å². The van der Waals surface area contributed by atoms with E-state index in [1.165, 1.54) is 13.2 Å². The maximum atomic E-state index is 12.4. The van der Waals surface area contributed by atoms with Crippen molar-refractivity contribution in [2.45, 2.75) is 6.92 Å². The summed E-state index contributed by atoms with van der Waals surface area (Å²) in [4.78, 5) is 17.0. The molecule has 1 aromatic heterocycles. The Morgan fingerprint density at radius 2 is 1.97 bits per heavy atom. The van der Waals surface area contributed by atoms with Gasteiger partial charge in [0.15, 0.2) is 5.58 Å². The number of carbonyl (C=O) groups is 1. The Labute approximate surface area is 189 Å². The van der Waals surface area contributed by atoms with Crippen LogP contribution in [-0.4, -0.2) is 18.0 Å². The summed E-state index contributed by atoms with van der Waals surface area (Å²) in [5.74, 6) is 0.623. The Morgan fingerprint density at radius 1 is 1.13 bits per heavy atom. The molecule has 4 rings (SSSR count). The second kappa shape index (κ2) is 8.84. The van der Waals surface area contributed by atoms with E-state index >= 15 is 0 Å². The molecule has 0 aliphatic rings. The summed E-state index contributed by atoms with van der Waals surface area (Å²) < 4.78 is 11.2. The largest absolute Gasteiger partial charge is 0.495 e. The molecule has 0 spiro atoms. The fraction of sp³-hybridized carbons (Fsp3) is 0.0833. The molecule has 7 heteroatoms. The molecular formula is C24H18Cl2N2O3. The van der Waals surface area contributed by atoms with Crippen molar-refractivity contribution in [2.24, 2.45) is 0 Å². The van der Waals surface area contributed by atoms with Crippen LogP contribution in [0, 0.1) is 6.92 Å². The van der Waals surface area contributed by atoms with Crippen LogP contribution in [0.25, 0.3) is 28.6 Å². The van der Waals surface area contributed by atoms with Gasteiger partial charge in [-0.05, 0) is 61.0 Å². The second-order valence-electron chi connectivity index (χ2n) is 6.90. The number of amides is 1. The normalized spacial score (nSPS) is 11.2. The Morgan fingerprint density at radius 3 is 2.77 bits per heavy atom. The van der Waals surface area contributed by atoms with Crippen molar-refractivity contribution in [3.8, 4) is 17.2 Å². The van der Waals surface area contributed by atoms with Crippen LogP contribution in [-0.2, 0) is 4.79 Å². The van der Waals surface area contributed by atoms with Crippen molar-refractivity contribution in [3.63, 3.8) is 0 Å². The highest BCUT2D eigenvalue weighted by atomic mass is 35.5. The number of hydrogen-bond donors (Lipinski definition) is 1. The third-order valence-corrected chi connectivity index (χ3v) is 5.08. The number of halogens is 2. The molecule has 0 saturated carbocycles. The molecule has 0 aliphatic carbocycles. The molecule has 1 heterocycles. The molecule has 31 heavy (non-hydrogen) atoms. The fourth-order valence-corrected chi connectivity index (χ4v) is 3.74. The summed E-state index contributed by atoms with van der Waals surface area (Å²) in [6.45, 7) is 2.00. The van der Waals surface area contributed by atoms with E-state index in [2.05, 4.69) is 10.3 Å². The Kier molecular flexibility index (Phi) is 5.98. The molecule has 0 atom stereocenters. The van der Waals surface area contributed by atoms with Gasteiger partial charge in [-0.2, -0.15) is 0 Å². The monoisotopic (exact) mass is 452 g/mol. The van der Waals surface area contributed by atoms with E-state index in [0.29, 0.717) is 32.9 Å². The van der Waals surface area contributed by atoms with E-state index in [1.807, 2.05) is 37.3 Å². The smallest absolute Gasteiger partial charge is 0.248 e. The number of methoxy groups -OCH3 is 1. The highest BCUT2D eigenvalue weighted by Crippen LogP contribution is 2.33. The van der Waals surface area contributed by atoms with Crippen LogP contribution >= 0.6 is 23.2 Å². The predicted molar refractivity (Wildman–Crippen MR) is 125 cm³/mol. The zero-order valence-electron chi connectivity index (χ0n) is 16.8. The van der Waals surface area contributed by atoms with Crippen LogP contribution in [0.3, 0.4) is 0 Å². The Hall–Kier alpha value is -3.28. The number of benzene rings is 3. The Bertz CT molecular complexity index is 1310. The molecule has 1 amide bonds. The summed E-state index contributed by atoms with van der Waals surface area (Å²) in [6.07, 6.45) is 2.98. The van der Waals surface area contributed by atoms with Crippen molar-refractivity contribution >= 4 is 52.0 Å². The summed E-state index contributed by atoms with van der Waals surface area (Å²) in [5, 5.41) is 3.65. The fourth-order valence-electron chi connectivity index (χ4n) is 3.15. The summed E-state index contributed by atoms with van der Waals surface area (Å²) in [7, 11) is 1.51. The summed E-state index contributed by atoms with van der Waals surface area (Å²) in [6, 6.07) is 16.4. The third kappa shape index (κ3) is 4.74. The molecule has 0 aliphatic heterocycles. The molecule has 3 aromatic carbocycles. The van der Waals surface area contributed by atoms with E-state index < -0.39 is 0 Å². The van der Waals surface area contributed by atoms with Crippen LogP contribution < -0.4 is 10.1 Å². The van der Waals surface area contributed by atoms with Crippen LogP contribution in [0.15, 0.2) is 65.1 Å². The lowest BCUT2D eigenvalue weighted by molar-refractivity contribution is -0.111. The van der Waals surface area contributed by atoms with Gasteiger partial charge in [-0.15, -0.1) is 0 Å². The topological polar surface area (TPSA) is 64.4 Å². The minimum Gasteiger partial charge on any atom is -0.495 e. The standard InChI is InChI=1S/C24H18Cl2N2O3/c1-14-6-8-20-21(10-14)31-24(28-20)16-4-3-5-18(12-16)27-22(29)9-7-15-11-17(25)13-19(26)23(15)30-2/h3-13H,1-2H3,(H,27,29)/b9-7+. The maximum absolute atomic E-state index is 12.4. The number of oxazole rings is 1. The molecule has 156 valence electrons. The zero-order valence-corrected chi connectivity index (χ0v) is 18.3. The maximum Gasteiger partial charge on any atom is 0.248 e. The number of rotatable bonds is 5. The lowest BCUT2D eigenvalue weighted by Crippen LogP contribution is -2.07. The van der Waals surface area contributed by atoms with E-state index in [9.17, 15) is 4.79 Å². The highest BCUT2D eigenvalue weighted by molar-refractivity contribution is 6.36. The number of fused-ring (bicyclic) bond motifs is 1. The first-order chi connectivity index (χ1) is 14.9. The molecule has 1 N–H and O–H groups in total. The zero-order chi connectivity index (χ0) is 22.0. The SMILES string of the molecule is COc1c(Cl)cc(Cl)cc1/C=C/C(=O)Nc1cccc(-c2nc3ccc(C)cc3o2)c1. The van der Waals surface area contributed by atoms with Crippen molar-refractivity contribution < 1.29 is 13.9 Å². The molecular weight excluding hydrogens is 435 g/mol. The van der Waals surface area contributed by atoms with Crippen LogP contribution in [0.1, 0.15) is 11.1 Å². The van der Waals surface area contributed by atoms with Gasteiger partial charge >= 0.3 is 0 Å². The summed E-state index contributed by atoms with van der Waals surface area (Å²) in [5.41, 5.74) is 4.58. The van der Waals surface area contributed by atoms with E-state index in [-0.39, 0.29) is 5.91 Å². The van der Waals surface area contributed by atoms with Gasteiger partial charge in [-0.25, -0.2) is 4.98 Å². The van der Waals surface area contributed by atoms with Crippen molar-refractivity contribution in [1.82, 2.24) is 4.98 Å². The van der Waals surface area contributed by atoms with Crippen LogP contribution in [0.4, 0.5) is 5.69 Å². The van der Waals surface area contributed by atoms with Gasteiger partial charge in [0.2, 0.25) is 11.8 Å². The number of aryl methyl sites for hydroxylation is 1. The molecule has 4 aromatic rings. The number of nitrogens with zero attached hydrogens (tertiary/aromatic N) is 1. The molecule has 5 nitrogen and oxygen atoms in total. The number of ether oxygens (including phenoxy) is 1. The molecule has 0 fully saturated rings. The van der Waals surface area contributed by atoms with Crippen LogP contribution in [0.2, 0.25) is 10.0 Å². The molecule has 0 bridgehead atoms. The first-order valence-electron chi connectivity index (χ1n) is 9.42. The number of carbonyl (C=O) groups excluding carboxylic acids is 1. The van der Waals surface area contributed by atoms with Gasteiger partial charge < -0.3 is 14.5 Å². The Balaban J connectivity index is 1.54. The van der Waals surface area contributed by atoms with Gasteiger partial charge in [-0.1, -0.05) is 35.3 Å². The minimum absolute atomic E-state index is 0.316. The van der Waals surface area contributed by atoms with Crippen molar-refractivity contribution in [1.29, 1.82) is 0 Å². The highest BCUT2D eigenvalue weighted by Gasteiger charge is 2.10. The lowest BCUT2D eigenvalue weighted by atomic mass is 10.1. The number of aromatic nitrogens is 1. The quantitative estimate of drug-likeness (QED) is 0.339. The van der Waals surface area contributed by atoms with Crippen LogP contribution in [0.5, 0.6) is 5.75 Å². The first kappa shape index (κ1) is 21.0. The molecule has 0 radical (unpaired) electrons. The van der Waals surface area contributed by atoms with Crippen molar-refractivity contribution in [2.75, 3.05) is 12.4 Å². The average Bonchev–Trinajstić information content (AvgIpc) is 3.15. The molecule has 0 saturated heterocycles. The van der Waals surface area contributed by atoms with E-state index in [0.717, 1.165) is 22.2 Å². The first-order valence-corrected chi connectivity index (χ1v) is 10.2. The number of anilines is 1. The average molecular weight is 453 g/mol. The van der Waals surface area contributed by atoms with Gasteiger partial charge in [0, 0.05) is 27.9 Å². The van der Waals surface area contributed by atoms with Gasteiger partial charge in [0.1, 0.15) is 11.3 Å². The molecule has 0 unspecified atom stereocenters. The third-order valence-electron chi connectivity index (χ3n) is 4.58. The summed E-state index contributed by atoms with van der Waals surface area (Å²) >= 11 is 12.2. The van der Waals surface area contributed by atoms with Gasteiger partial charge in [0.05, 0.1) is 12.1 Å². The van der Waals surface area contributed by atoms with Crippen molar-refractivity contribution in [3.05, 3.63) is 81.8 Å². The second-order valence-corrected chi connectivity index (χ2v) is 7.75. The van der Waals surface area contributed by atoms with E-state index in [4.69, 9.17) is 32.4 Å². The number of hydrogen-bond acceptors (Lipinski definition) is 4. The predicted octanol–water partition coefficient (Wildman–Crippen LogP) is 6.77. The minimum atomic E-state index is -0.316. The lowest BCUT2D eigenvalue weighted by Gasteiger charge is -2.08.